The van der Waals surface area contributed by atoms with Crippen LogP contribution in [0, 0.1) is 11.3 Å². The molecule has 0 amide bonds. The first-order chi connectivity index (χ1) is 13.5. The predicted octanol–water partition coefficient (Wildman–Crippen LogP) is 4.38. The molecule has 0 bridgehead atoms. The van der Waals surface area contributed by atoms with Crippen molar-refractivity contribution in [3.63, 3.8) is 0 Å². The molecule has 1 heterocycles. The van der Waals surface area contributed by atoms with E-state index in [0.717, 1.165) is 11.3 Å². The Morgan fingerprint density at radius 3 is 2.36 bits per heavy atom. The lowest BCUT2D eigenvalue weighted by Crippen LogP contribution is -2.20. The van der Waals surface area contributed by atoms with Gasteiger partial charge in [0, 0.05) is 29.2 Å². The van der Waals surface area contributed by atoms with Gasteiger partial charge in [-0.15, -0.1) is 0 Å². The van der Waals surface area contributed by atoms with E-state index in [9.17, 15) is 0 Å². The van der Waals surface area contributed by atoms with Crippen LogP contribution in [0.1, 0.15) is 17.0 Å². The predicted molar refractivity (Wildman–Crippen MR) is 109 cm³/mol. The molecule has 0 aliphatic heterocycles. The summed E-state index contributed by atoms with van der Waals surface area (Å²) in [6.07, 6.45) is 0.327. The molecule has 0 fully saturated rings. The standard InChI is InChI=1S/C19H16Cl2N6O/c1-27(28-2)19-25-17(10-14-15(20)4-3-5-16(14)21)24-18(26-19)23-13-8-6-12(11-22)7-9-13/h3-9H,10H2,1-2H3,(H,23,24,25,26). The zero-order valence-corrected chi connectivity index (χ0v) is 16.7. The lowest BCUT2D eigenvalue weighted by Gasteiger charge is -2.16. The van der Waals surface area contributed by atoms with Crippen molar-refractivity contribution in [3.05, 3.63) is 69.5 Å². The van der Waals surface area contributed by atoms with Gasteiger partial charge in [0.2, 0.25) is 5.95 Å². The monoisotopic (exact) mass is 414 g/mol. The van der Waals surface area contributed by atoms with Crippen molar-refractivity contribution in [2.45, 2.75) is 6.42 Å². The first kappa shape index (κ1) is 19.8. The second-order valence-electron chi connectivity index (χ2n) is 5.75. The van der Waals surface area contributed by atoms with Crippen LogP contribution in [-0.2, 0) is 11.3 Å². The fourth-order valence-electron chi connectivity index (χ4n) is 2.38. The Morgan fingerprint density at radius 1 is 1.07 bits per heavy atom. The number of hydrogen-bond acceptors (Lipinski definition) is 7. The maximum Gasteiger partial charge on any atom is 0.254 e. The molecular formula is C19H16Cl2N6O. The molecule has 2 aromatic carbocycles. The van der Waals surface area contributed by atoms with Crippen LogP contribution >= 0.6 is 23.2 Å². The van der Waals surface area contributed by atoms with Crippen molar-refractivity contribution in [1.29, 1.82) is 5.26 Å². The number of aromatic nitrogens is 3. The largest absolute Gasteiger partial charge is 0.324 e. The average molecular weight is 415 g/mol. The number of rotatable bonds is 6. The van der Waals surface area contributed by atoms with Gasteiger partial charge in [0.1, 0.15) is 5.82 Å². The van der Waals surface area contributed by atoms with Crippen molar-refractivity contribution < 1.29 is 4.84 Å². The number of hydroxylamine groups is 1. The molecule has 7 nitrogen and oxygen atoms in total. The summed E-state index contributed by atoms with van der Waals surface area (Å²) in [7, 11) is 3.20. The van der Waals surface area contributed by atoms with E-state index in [1.165, 1.54) is 12.2 Å². The highest BCUT2D eigenvalue weighted by atomic mass is 35.5. The molecule has 3 rings (SSSR count). The highest BCUT2D eigenvalue weighted by molar-refractivity contribution is 6.36. The number of nitrogens with one attached hydrogen (secondary N) is 1. The summed E-state index contributed by atoms with van der Waals surface area (Å²) >= 11 is 12.5. The first-order valence-corrected chi connectivity index (χ1v) is 8.98. The smallest absolute Gasteiger partial charge is 0.254 e. The number of benzene rings is 2. The summed E-state index contributed by atoms with van der Waals surface area (Å²) in [5.74, 6) is 1.13. The van der Waals surface area contributed by atoms with Gasteiger partial charge in [0.15, 0.2) is 0 Å². The highest BCUT2D eigenvalue weighted by Crippen LogP contribution is 2.27. The Morgan fingerprint density at radius 2 is 1.75 bits per heavy atom. The number of nitriles is 1. The Kier molecular flexibility index (Phi) is 6.26. The summed E-state index contributed by atoms with van der Waals surface area (Å²) in [5.41, 5.74) is 2.03. The molecular weight excluding hydrogens is 399 g/mol. The van der Waals surface area contributed by atoms with E-state index in [-0.39, 0.29) is 0 Å². The molecule has 28 heavy (non-hydrogen) atoms. The molecule has 3 aromatic rings. The number of hydrogen-bond donors (Lipinski definition) is 1. The minimum Gasteiger partial charge on any atom is -0.324 e. The van der Waals surface area contributed by atoms with Crippen LogP contribution in [0.5, 0.6) is 0 Å². The first-order valence-electron chi connectivity index (χ1n) is 8.23. The van der Waals surface area contributed by atoms with E-state index < -0.39 is 0 Å². The van der Waals surface area contributed by atoms with Crippen molar-refractivity contribution in [3.8, 4) is 6.07 Å². The minimum atomic E-state index is 0.326. The van der Waals surface area contributed by atoms with Crippen molar-refractivity contribution in [2.24, 2.45) is 0 Å². The van der Waals surface area contributed by atoms with Crippen molar-refractivity contribution >= 4 is 40.8 Å². The summed E-state index contributed by atoms with van der Waals surface area (Å²) in [5, 5.41) is 14.5. The summed E-state index contributed by atoms with van der Waals surface area (Å²) < 4.78 is 0. The van der Waals surface area contributed by atoms with Gasteiger partial charge in [-0.2, -0.15) is 20.2 Å². The van der Waals surface area contributed by atoms with Gasteiger partial charge in [-0.05, 0) is 42.0 Å². The minimum absolute atomic E-state index is 0.326. The SMILES string of the molecule is CON(C)c1nc(Cc2c(Cl)cccc2Cl)nc(Nc2ccc(C#N)cc2)n1. The zero-order chi connectivity index (χ0) is 20.1. The number of anilines is 3. The Labute approximate surface area is 172 Å². The molecule has 9 heteroatoms. The summed E-state index contributed by atoms with van der Waals surface area (Å²) in [4.78, 5) is 18.5. The molecule has 0 saturated heterocycles. The highest BCUT2D eigenvalue weighted by Gasteiger charge is 2.14. The maximum absolute atomic E-state index is 8.92. The van der Waals surface area contributed by atoms with E-state index in [0.29, 0.717) is 39.8 Å². The summed E-state index contributed by atoms with van der Waals surface area (Å²) in [6.45, 7) is 0. The molecule has 1 N–H and O–H groups in total. The second-order valence-corrected chi connectivity index (χ2v) is 6.56. The van der Waals surface area contributed by atoms with Crippen molar-refractivity contribution in [1.82, 2.24) is 15.0 Å². The quantitative estimate of drug-likeness (QED) is 0.598. The normalized spacial score (nSPS) is 10.4. The van der Waals surface area contributed by atoms with Crippen LogP contribution in [0.2, 0.25) is 10.0 Å². The molecule has 0 atom stereocenters. The fourth-order valence-corrected chi connectivity index (χ4v) is 2.91. The zero-order valence-electron chi connectivity index (χ0n) is 15.1. The second kappa shape index (κ2) is 8.85. The van der Waals surface area contributed by atoms with Gasteiger partial charge >= 0.3 is 0 Å². The summed E-state index contributed by atoms with van der Waals surface area (Å²) in [6, 6.07) is 14.3. The van der Waals surface area contributed by atoms with Crippen LogP contribution in [0.4, 0.5) is 17.6 Å². The van der Waals surface area contributed by atoms with Crippen LogP contribution in [0.3, 0.4) is 0 Å². The van der Waals surface area contributed by atoms with E-state index in [1.807, 2.05) is 0 Å². The maximum atomic E-state index is 8.92. The Balaban J connectivity index is 1.95. The lowest BCUT2D eigenvalue weighted by molar-refractivity contribution is 0.179. The van der Waals surface area contributed by atoms with E-state index in [1.54, 1.807) is 49.5 Å². The van der Waals surface area contributed by atoms with Gasteiger partial charge in [-0.3, -0.25) is 4.84 Å². The van der Waals surface area contributed by atoms with Gasteiger partial charge in [-0.25, -0.2) is 5.06 Å². The van der Waals surface area contributed by atoms with Gasteiger partial charge in [0.25, 0.3) is 5.95 Å². The molecule has 0 spiro atoms. The third kappa shape index (κ3) is 4.67. The topological polar surface area (TPSA) is 87.0 Å². The lowest BCUT2D eigenvalue weighted by atomic mass is 10.1. The molecule has 0 radical (unpaired) electrons. The number of nitrogens with zero attached hydrogens (tertiary/aromatic N) is 5. The van der Waals surface area contributed by atoms with Gasteiger partial charge in [-0.1, -0.05) is 29.3 Å². The van der Waals surface area contributed by atoms with Crippen LogP contribution in [0.15, 0.2) is 42.5 Å². The van der Waals surface area contributed by atoms with E-state index in [4.69, 9.17) is 33.3 Å². The third-order valence-corrected chi connectivity index (χ3v) is 4.60. The molecule has 1 aromatic heterocycles. The Bertz CT molecular complexity index is 1000. The van der Waals surface area contributed by atoms with Crippen molar-refractivity contribution in [2.75, 3.05) is 24.5 Å². The molecule has 0 aliphatic carbocycles. The average Bonchev–Trinajstić information content (AvgIpc) is 2.70. The van der Waals surface area contributed by atoms with E-state index in [2.05, 4.69) is 26.3 Å². The fraction of sp³-hybridized carbons (Fsp3) is 0.158. The third-order valence-electron chi connectivity index (χ3n) is 3.89. The van der Waals surface area contributed by atoms with Crippen LogP contribution in [0.25, 0.3) is 0 Å². The van der Waals surface area contributed by atoms with Gasteiger partial charge in [0.05, 0.1) is 18.7 Å². The molecule has 0 saturated carbocycles. The van der Waals surface area contributed by atoms with Crippen LogP contribution < -0.4 is 10.4 Å². The Hall–Kier alpha value is -2.92. The molecule has 0 aliphatic rings. The number of halogens is 2. The molecule has 0 unspecified atom stereocenters. The van der Waals surface area contributed by atoms with E-state index >= 15 is 0 Å². The molecule has 142 valence electrons. The van der Waals surface area contributed by atoms with Crippen LogP contribution in [-0.4, -0.2) is 29.1 Å². The van der Waals surface area contributed by atoms with Gasteiger partial charge < -0.3 is 5.32 Å².